The molecule has 0 radical (unpaired) electrons. The number of benzene rings is 1. The lowest BCUT2D eigenvalue weighted by Crippen LogP contribution is -2.14. The molecule has 0 atom stereocenters. The zero-order valence-electron chi connectivity index (χ0n) is 10.6. The zero-order valence-corrected chi connectivity index (χ0v) is 11.4. The second-order valence-electron chi connectivity index (χ2n) is 4.02. The summed E-state index contributed by atoms with van der Waals surface area (Å²) < 4.78 is 30.1. The van der Waals surface area contributed by atoms with E-state index in [0.29, 0.717) is 10.9 Å². The Hall–Kier alpha value is -2.02. The normalized spacial score (nSPS) is 11.5. The van der Waals surface area contributed by atoms with E-state index in [4.69, 9.17) is 4.74 Å². The monoisotopic (exact) mass is 282 g/mol. The van der Waals surface area contributed by atoms with Crippen LogP contribution >= 0.6 is 0 Å². The van der Waals surface area contributed by atoms with Crippen molar-refractivity contribution in [3.8, 4) is 0 Å². The fraction of sp³-hybridized carbons (Fsp3) is 0.250. The Balaban J connectivity index is 2.61. The summed E-state index contributed by atoms with van der Waals surface area (Å²) in [6, 6.07) is 7.03. The quantitative estimate of drug-likeness (QED) is 0.836. The molecule has 0 aliphatic rings. The van der Waals surface area contributed by atoms with Crippen LogP contribution in [-0.2, 0) is 14.8 Å². The van der Waals surface area contributed by atoms with Gasteiger partial charge in [-0.3, -0.25) is 4.72 Å². The summed E-state index contributed by atoms with van der Waals surface area (Å²) in [6.07, 6.45) is 1.03. The van der Waals surface area contributed by atoms with Crippen molar-refractivity contribution < 1.29 is 17.9 Å². The van der Waals surface area contributed by atoms with Crippen molar-refractivity contribution in [3.63, 3.8) is 0 Å². The third kappa shape index (κ3) is 2.87. The molecule has 2 N–H and O–H groups in total. The van der Waals surface area contributed by atoms with E-state index in [-0.39, 0.29) is 18.0 Å². The smallest absolute Gasteiger partial charge is 0.356 e. The Morgan fingerprint density at radius 2 is 2.05 bits per heavy atom. The van der Waals surface area contributed by atoms with Crippen molar-refractivity contribution in [2.75, 3.05) is 17.6 Å². The molecule has 6 nitrogen and oxygen atoms in total. The predicted octanol–water partition coefficient (Wildman–Crippen LogP) is 1.72. The number of ether oxygens (including phenoxy) is 1. The second-order valence-corrected chi connectivity index (χ2v) is 5.76. The largest absolute Gasteiger partial charge is 0.461 e. The van der Waals surface area contributed by atoms with Gasteiger partial charge < -0.3 is 9.72 Å². The highest BCUT2D eigenvalue weighted by atomic mass is 32.2. The fourth-order valence-electron chi connectivity index (χ4n) is 1.79. The molecule has 1 aromatic carbocycles. The van der Waals surface area contributed by atoms with Gasteiger partial charge in [0.05, 0.1) is 18.6 Å². The number of aromatic amines is 1. The summed E-state index contributed by atoms with van der Waals surface area (Å²) in [7, 11) is -3.49. The van der Waals surface area contributed by atoms with E-state index in [2.05, 4.69) is 9.71 Å². The van der Waals surface area contributed by atoms with E-state index < -0.39 is 16.0 Å². The molecular formula is C12H14N2O4S. The molecule has 0 saturated carbocycles. The molecule has 2 aromatic rings. The molecule has 0 amide bonds. The molecule has 0 fully saturated rings. The summed E-state index contributed by atoms with van der Waals surface area (Å²) in [5, 5.41) is 0.621. The third-order valence-corrected chi connectivity index (χ3v) is 3.05. The number of fused-ring (bicyclic) bond motifs is 1. The molecule has 1 aromatic heterocycles. The van der Waals surface area contributed by atoms with Gasteiger partial charge in [-0.2, -0.15) is 0 Å². The number of rotatable bonds is 4. The maximum atomic E-state index is 11.8. The number of hydrogen-bond donors (Lipinski definition) is 2. The molecule has 1 heterocycles. The Labute approximate surface area is 110 Å². The van der Waals surface area contributed by atoms with E-state index in [0.717, 1.165) is 6.26 Å². The van der Waals surface area contributed by atoms with Crippen LogP contribution in [0.4, 0.5) is 5.69 Å². The predicted molar refractivity (Wildman–Crippen MR) is 72.7 cm³/mol. The topological polar surface area (TPSA) is 88.3 Å². The van der Waals surface area contributed by atoms with Gasteiger partial charge in [0.25, 0.3) is 0 Å². The number of nitrogens with one attached hydrogen (secondary N) is 2. The van der Waals surface area contributed by atoms with Crippen molar-refractivity contribution in [1.82, 2.24) is 4.98 Å². The summed E-state index contributed by atoms with van der Waals surface area (Å²) >= 11 is 0. The minimum atomic E-state index is -3.49. The van der Waals surface area contributed by atoms with Crippen LogP contribution in [0.5, 0.6) is 0 Å². The van der Waals surface area contributed by atoms with E-state index in [9.17, 15) is 13.2 Å². The summed E-state index contributed by atoms with van der Waals surface area (Å²) in [4.78, 5) is 14.7. The molecule has 0 bridgehead atoms. The number of carbonyl (C=O) groups excluding carboxylic acids is 1. The number of esters is 1. The van der Waals surface area contributed by atoms with Crippen LogP contribution in [0, 0.1) is 0 Å². The van der Waals surface area contributed by atoms with Crippen LogP contribution in [0.3, 0.4) is 0 Å². The van der Waals surface area contributed by atoms with Crippen molar-refractivity contribution in [2.24, 2.45) is 0 Å². The number of aromatic nitrogens is 1. The number of carbonyl (C=O) groups is 1. The van der Waals surface area contributed by atoms with Crippen LogP contribution in [0.1, 0.15) is 17.4 Å². The molecule has 0 saturated heterocycles. The van der Waals surface area contributed by atoms with Gasteiger partial charge in [0, 0.05) is 10.9 Å². The first-order chi connectivity index (χ1) is 8.92. The maximum absolute atomic E-state index is 11.8. The van der Waals surface area contributed by atoms with Gasteiger partial charge >= 0.3 is 5.97 Å². The number of sulfonamides is 1. The lowest BCUT2D eigenvalue weighted by atomic mass is 10.2. The van der Waals surface area contributed by atoms with Crippen LogP contribution in [-0.4, -0.2) is 32.2 Å². The van der Waals surface area contributed by atoms with Gasteiger partial charge in [-0.15, -0.1) is 0 Å². The minimum Gasteiger partial charge on any atom is -0.461 e. The Morgan fingerprint density at radius 3 is 2.68 bits per heavy atom. The molecule has 102 valence electrons. The Morgan fingerprint density at radius 1 is 1.37 bits per heavy atom. The zero-order chi connectivity index (χ0) is 14.0. The standard InChI is InChI=1S/C12H14N2O4S/c1-3-18-12(15)11-10(14-19(2,16)17)8-6-4-5-7-9(8)13-11/h4-7,13-14H,3H2,1-2H3. The molecule has 19 heavy (non-hydrogen) atoms. The highest BCUT2D eigenvalue weighted by Gasteiger charge is 2.20. The van der Waals surface area contributed by atoms with E-state index in [1.54, 1.807) is 31.2 Å². The molecule has 0 aliphatic heterocycles. The van der Waals surface area contributed by atoms with Gasteiger partial charge in [0.2, 0.25) is 10.0 Å². The van der Waals surface area contributed by atoms with E-state index in [1.165, 1.54) is 0 Å². The number of hydrogen-bond acceptors (Lipinski definition) is 4. The van der Waals surface area contributed by atoms with Gasteiger partial charge in [0.15, 0.2) is 5.69 Å². The maximum Gasteiger partial charge on any atom is 0.356 e. The van der Waals surface area contributed by atoms with Gasteiger partial charge in [0.1, 0.15) is 0 Å². The van der Waals surface area contributed by atoms with Gasteiger partial charge in [-0.05, 0) is 13.0 Å². The summed E-state index contributed by atoms with van der Waals surface area (Å²) in [6.45, 7) is 1.90. The van der Waals surface area contributed by atoms with Crippen LogP contribution in [0.2, 0.25) is 0 Å². The fourth-order valence-corrected chi connectivity index (χ4v) is 2.37. The van der Waals surface area contributed by atoms with Gasteiger partial charge in [-0.25, -0.2) is 13.2 Å². The highest BCUT2D eigenvalue weighted by molar-refractivity contribution is 7.92. The summed E-state index contributed by atoms with van der Waals surface area (Å²) in [5.74, 6) is -0.593. The molecular weight excluding hydrogens is 268 g/mol. The molecule has 7 heteroatoms. The molecule has 0 spiro atoms. The number of anilines is 1. The lowest BCUT2D eigenvalue weighted by Gasteiger charge is -2.05. The minimum absolute atomic E-state index is 0.105. The average molecular weight is 282 g/mol. The first-order valence-corrected chi connectivity index (χ1v) is 7.57. The van der Waals surface area contributed by atoms with Crippen molar-refractivity contribution >= 4 is 32.6 Å². The summed E-state index contributed by atoms with van der Waals surface area (Å²) in [5.41, 5.74) is 0.988. The Kier molecular flexibility index (Phi) is 3.48. The molecule has 0 aliphatic carbocycles. The first-order valence-electron chi connectivity index (χ1n) is 5.68. The van der Waals surface area contributed by atoms with Crippen LogP contribution in [0.25, 0.3) is 10.9 Å². The second kappa shape index (κ2) is 4.93. The number of H-pyrrole nitrogens is 1. The van der Waals surface area contributed by atoms with E-state index >= 15 is 0 Å². The van der Waals surface area contributed by atoms with E-state index in [1.807, 2.05) is 0 Å². The highest BCUT2D eigenvalue weighted by Crippen LogP contribution is 2.28. The molecule has 2 rings (SSSR count). The van der Waals surface area contributed by atoms with Crippen molar-refractivity contribution in [3.05, 3.63) is 30.0 Å². The third-order valence-electron chi connectivity index (χ3n) is 2.47. The molecule has 0 unspecified atom stereocenters. The van der Waals surface area contributed by atoms with Crippen LogP contribution in [0.15, 0.2) is 24.3 Å². The van der Waals surface area contributed by atoms with Crippen molar-refractivity contribution in [1.29, 1.82) is 0 Å². The van der Waals surface area contributed by atoms with Crippen LogP contribution < -0.4 is 4.72 Å². The average Bonchev–Trinajstić information content (AvgIpc) is 2.67. The SMILES string of the molecule is CCOC(=O)c1[nH]c2ccccc2c1NS(C)(=O)=O. The Bertz CT molecular complexity index is 718. The van der Waals surface area contributed by atoms with Crippen molar-refractivity contribution in [2.45, 2.75) is 6.92 Å². The number of para-hydroxylation sites is 1. The lowest BCUT2D eigenvalue weighted by molar-refractivity contribution is 0.0522. The van der Waals surface area contributed by atoms with Gasteiger partial charge in [-0.1, -0.05) is 18.2 Å². The first kappa shape index (κ1) is 13.4.